The van der Waals surface area contributed by atoms with E-state index in [1.165, 1.54) is 30.3 Å². The number of halogens is 2. The van der Waals surface area contributed by atoms with Crippen LogP contribution < -0.4 is 17.0 Å². The quantitative estimate of drug-likeness (QED) is 0.450. The summed E-state index contributed by atoms with van der Waals surface area (Å²) >= 11 is 0. The van der Waals surface area contributed by atoms with Gasteiger partial charge in [0.15, 0.2) is 0 Å². The number of hydrazine groups is 1. The van der Waals surface area contributed by atoms with Crippen LogP contribution in [0.3, 0.4) is 0 Å². The number of hydrogen-bond donors (Lipinski definition) is 3. The van der Waals surface area contributed by atoms with E-state index in [4.69, 9.17) is 11.6 Å². The molecule has 0 spiro atoms. The van der Waals surface area contributed by atoms with Crippen molar-refractivity contribution in [1.29, 1.82) is 0 Å². The molecule has 2 aromatic rings. The predicted octanol–water partition coefficient (Wildman–Crippen LogP) is 2.29. The van der Waals surface area contributed by atoms with Crippen molar-refractivity contribution >= 4 is 5.69 Å². The zero-order chi connectivity index (χ0) is 13.8. The van der Waals surface area contributed by atoms with Crippen molar-refractivity contribution < 1.29 is 8.78 Å². The summed E-state index contributed by atoms with van der Waals surface area (Å²) in [6.45, 7) is 0. The molecule has 0 saturated heterocycles. The first-order chi connectivity index (χ1) is 9.10. The molecule has 0 amide bonds. The van der Waals surface area contributed by atoms with Gasteiger partial charge in [-0.1, -0.05) is 12.1 Å². The molecule has 0 bridgehead atoms. The Hall–Kier alpha value is -1.98. The Morgan fingerprint density at radius 3 is 2.26 bits per heavy atom. The summed E-state index contributed by atoms with van der Waals surface area (Å²) in [5.74, 6) is 4.83. The Balaban J connectivity index is 2.24. The van der Waals surface area contributed by atoms with Crippen LogP contribution in [0, 0.1) is 11.6 Å². The molecule has 0 heterocycles. The lowest BCUT2D eigenvalue weighted by molar-refractivity contribution is 0.545. The monoisotopic (exact) mass is 263 g/mol. The van der Waals surface area contributed by atoms with E-state index in [-0.39, 0.29) is 17.7 Å². The minimum atomic E-state index is -0.372. The van der Waals surface area contributed by atoms with Gasteiger partial charge in [-0.2, -0.15) is 0 Å². The maximum Gasteiger partial charge on any atom is 0.123 e. The number of nitrogen functional groups attached to an aromatic ring is 1. The smallest absolute Gasteiger partial charge is 0.123 e. The van der Waals surface area contributed by atoms with Crippen LogP contribution in [-0.2, 0) is 6.42 Å². The van der Waals surface area contributed by atoms with Gasteiger partial charge in [0.25, 0.3) is 0 Å². The first-order valence-electron chi connectivity index (χ1n) is 5.85. The number of benzene rings is 2. The van der Waals surface area contributed by atoms with Crippen molar-refractivity contribution in [3.8, 4) is 0 Å². The van der Waals surface area contributed by atoms with Crippen LogP contribution in [-0.4, -0.2) is 0 Å². The van der Waals surface area contributed by atoms with E-state index in [0.29, 0.717) is 17.7 Å². The highest BCUT2D eigenvalue weighted by Crippen LogP contribution is 2.24. The van der Waals surface area contributed by atoms with Crippen LogP contribution in [0.5, 0.6) is 0 Å². The first-order valence-corrected chi connectivity index (χ1v) is 5.85. The first kappa shape index (κ1) is 13.5. The number of nitrogens with two attached hydrogens (primary N) is 2. The molecular formula is C14H15F2N3. The van der Waals surface area contributed by atoms with Gasteiger partial charge in [0.2, 0.25) is 0 Å². The molecule has 5 heteroatoms. The van der Waals surface area contributed by atoms with Gasteiger partial charge < -0.3 is 5.73 Å². The fourth-order valence-corrected chi connectivity index (χ4v) is 1.96. The van der Waals surface area contributed by atoms with E-state index in [1.54, 1.807) is 12.1 Å². The molecule has 100 valence electrons. The fourth-order valence-electron chi connectivity index (χ4n) is 1.96. The summed E-state index contributed by atoms with van der Waals surface area (Å²) in [5.41, 5.74) is 10.4. The van der Waals surface area contributed by atoms with Crippen LogP contribution >= 0.6 is 0 Å². The summed E-state index contributed by atoms with van der Waals surface area (Å²) in [5, 5.41) is 0. The van der Waals surface area contributed by atoms with Gasteiger partial charge in [-0.25, -0.2) is 8.78 Å². The average molecular weight is 263 g/mol. The average Bonchev–Trinajstić information content (AvgIpc) is 2.41. The lowest BCUT2D eigenvalue weighted by atomic mass is 9.98. The van der Waals surface area contributed by atoms with Gasteiger partial charge in [-0.15, -0.1) is 0 Å². The Morgan fingerprint density at radius 1 is 1.00 bits per heavy atom. The van der Waals surface area contributed by atoms with E-state index in [1.807, 2.05) is 0 Å². The third-order valence-corrected chi connectivity index (χ3v) is 2.98. The number of nitrogens with one attached hydrogen (secondary N) is 1. The van der Waals surface area contributed by atoms with Crippen molar-refractivity contribution in [3.05, 3.63) is 65.2 Å². The zero-order valence-electron chi connectivity index (χ0n) is 10.2. The van der Waals surface area contributed by atoms with Crippen molar-refractivity contribution in [2.45, 2.75) is 12.5 Å². The van der Waals surface area contributed by atoms with Gasteiger partial charge in [0.1, 0.15) is 11.6 Å². The van der Waals surface area contributed by atoms with Gasteiger partial charge in [0, 0.05) is 5.69 Å². The Kier molecular flexibility index (Phi) is 4.09. The van der Waals surface area contributed by atoms with E-state index in [9.17, 15) is 8.78 Å². The normalized spacial score (nSPS) is 12.4. The van der Waals surface area contributed by atoms with Crippen molar-refractivity contribution in [2.75, 3.05) is 5.73 Å². The zero-order valence-corrected chi connectivity index (χ0v) is 10.2. The minimum absolute atomic E-state index is 0.300. The van der Waals surface area contributed by atoms with Crippen molar-refractivity contribution in [1.82, 2.24) is 5.43 Å². The molecule has 0 saturated carbocycles. The molecule has 5 N–H and O–H groups in total. The standard InChI is InChI=1S/C14H15F2N3/c15-10-3-1-9(2-4-10)7-14(19-18)12-8-11(16)5-6-13(12)17/h1-6,8,14,19H,7,17-18H2. The number of rotatable bonds is 4. The molecule has 0 aliphatic carbocycles. The second-order valence-electron chi connectivity index (χ2n) is 4.32. The second-order valence-corrected chi connectivity index (χ2v) is 4.32. The molecule has 0 radical (unpaired) electrons. The van der Waals surface area contributed by atoms with E-state index < -0.39 is 0 Å². The second kappa shape index (κ2) is 5.77. The molecule has 0 fully saturated rings. The highest BCUT2D eigenvalue weighted by atomic mass is 19.1. The van der Waals surface area contributed by atoms with Gasteiger partial charge in [-0.3, -0.25) is 11.3 Å². The Labute approximate surface area is 110 Å². The molecule has 0 aliphatic rings. The third kappa shape index (κ3) is 3.27. The lowest BCUT2D eigenvalue weighted by Crippen LogP contribution is -2.30. The maximum atomic E-state index is 13.3. The van der Waals surface area contributed by atoms with Crippen LogP contribution in [0.2, 0.25) is 0 Å². The minimum Gasteiger partial charge on any atom is -0.398 e. The third-order valence-electron chi connectivity index (χ3n) is 2.98. The molecule has 19 heavy (non-hydrogen) atoms. The van der Waals surface area contributed by atoms with E-state index in [2.05, 4.69) is 5.43 Å². The Morgan fingerprint density at radius 2 is 1.63 bits per heavy atom. The molecule has 2 aromatic carbocycles. The summed E-state index contributed by atoms with van der Waals surface area (Å²) in [4.78, 5) is 0. The molecule has 0 aliphatic heterocycles. The SMILES string of the molecule is NNC(Cc1ccc(F)cc1)c1cc(F)ccc1N. The van der Waals surface area contributed by atoms with Crippen LogP contribution in [0.15, 0.2) is 42.5 Å². The summed E-state index contributed by atoms with van der Waals surface area (Å²) in [6, 6.07) is 9.88. The molecular weight excluding hydrogens is 248 g/mol. The Bertz CT molecular complexity index is 555. The van der Waals surface area contributed by atoms with E-state index in [0.717, 1.165) is 5.56 Å². The predicted molar refractivity (Wildman–Crippen MR) is 71.0 cm³/mol. The molecule has 2 rings (SSSR count). The highest BCUT2D eigenvalue weighted by molar-refractivity contribution is 5.49. The summed E-state index contributed by atoms with van der Waals surface area (Å²) < 4.78 is 26.1. The van der Waals surface area contributed by atoms with Crippen molar-refractivity contribution in [2.24, 2.45) is 5.84 Å². The summed E-state index contributed by atoms with van der Waals surface area (Å²) in [6.07, 6.45) is 0.491. The highest BCUT2D eigenvalue weighted by Gasteiger charge is 2.14. The topological polar surface area (TPSA) is 64.1 Å². The molecule has 1 atom stereocenters. The largest absolute Gasteiger partial charge is 0.398 e. The maximum absolute atomic E-state index is 13.3. The van der Waals surface area contributed by atoms with Crippen LogP contribution in [0.4, 0.5) is 14.5 Å². The van der Waals surface area contributed by atoms with Gasteiger partial charge in [0.05, 0.1) is 6.04 Å². The van der Waals surface area contributed by atoms with Crippen LogP contribution in [0.1, 0.15) is 17.2 Å². The molecule has 1 unspecified atom stereocenters. The van der Waals surface area contributed by atoms with Crippen LogP contribution in [0.25, 0.3) is 0 Å². The fraction of sp³-hybridized carbons (Fsp3) is 0.143. The summed E-state index contributed by atoms with van der Waals surface area (Å²) in [7, 11) is 0. The van der Waals surface area contributed by atoms with Gasteiger partial charge >= 0.3 is 0 Å². The molecule has 3 nitrogen and oxygen atoms in total. The number of anilines is 1. The van der Waals surface area contributed by atoms with E-state index >= 15 is 0 Å². The van der Waals surface area contributed by atoms with Crippen molar-refractivity contribution in [3.63, 3.8) is 0 Å². The van der Waals surface area contributed by atoms with Gasteiger partial charge in [-0.05, 0) is 47.9 Å². The number of hydrogen-bond acceptors (Lipinski definition) is 3. The lowest BCUT2D eigenvalue weighted by Gasteiger charge is -2.18. The molecule has 0 aromatic heterocycles.